The Hall–Kier alpha value is -0.920. The quantitative estimate of drug-likeness (QED) is 0.630. The van der Waals surface area contributed by atoms with E-state index in [2.05, 4.69) is 14.9 Å². The number of nitrogens with one attached hydrogen (secondary N) is 2. The van der Waals surface area contributed by atoms with Gasteiger partial charge in [-0.05, 0) is 18.8 Å². The minimum atomic E-state index is -3.44. The molecule has 0 bridgehead atoms. The van der Waals surface area contributed by atoms with E-state index in [1.165, 1.54) is 12.4 Å². The van der Waals surface area contributed by atoms with Gasteiger partial charge in [0, 0.05) is 18.8 Å². The van der Waals surface area contributed by atoms with Crippen LogP contribution in [-0.2, 0) is 10.0 Å². The summed E-state index contributed by atoms with van der Waals surface area (Å²) in [5.74, 6) is 0.483. The lowest BCUT2D eigenvalue weighted by molar-refractivity contribution is 0.548. The SMILES string of the molecule is NC(CNS(=O)(=O)c1cn[nH]c1)C1CC1. The number of nitrogens with zero attached hydrogens (tertiary/aromatic N) is 1. The maximum atomic E-state index is 11.6. The first-order valence-electron chi connectivity index (χ1n) is 4.83. The Morgan fingerprint density at radius 1 is 1.67 bits per heavy atom. The Labute approximate surface area is 88.3 Å². The van der Waals surface area contributed by atoms with Crippen LogP contribution in [-0.4, -0.2) is 31.2 Å². The van der Waals surface area contributed by atoms with Crippen molar-refractivity contribution in [3.8, 4) is 0 Å². The van der Waals surface area contributed by atoms with Crippen molar-refractivity contribution in [3.05, 3.63) is 12.4 Å². The van der Waals surface area contributed by atoms with Gasteiger partial charge >= 0.3 is 0 Å². The fourth-order valence-electron chi connectivity index (χ4n) is 1.37. The van der Waals surface area contributed by atoms with Crippen LogP contribution in [0.15, 0.2) is 17.3 Å². The van der Waals surface area contributed by atoms with Gasteiger partial charge in [-0.25, -0.2) is 13.1 Å². The second kappa shape index (κ2) is 3.92. The van der Waals surface area contributed by atoms with Gasteiger partial charge in [0.15, 0.2) is 0 Å². The molecule has 7 heteroatoms. The molecule has 0 radical (unpaired) electrons. The van der Waals surface area contributed by atoms with Crippen molar-refractivity contribution in [1.29, 1.82) is 0 Å². The molecular formula is C8H14N4O2S. The molecule has 0 aliphatic heterocycles. The van der Waals surface area contributed by atoms with Gasteiger partial charge in [0.1, 0.15) is 4.90 Å². The summed E-state index contributed by atoms with van der Waals surface area (Å²) in [6.07, 6.45) is 4.82. The van der Waals surface area contributed by atoms with E-state index in [-0.39, 0.29) is 17.5 Å². The molecule has 1 aliphatic rings. The summed E-state index contributed by atoms with van der Waals surface area (Å²) in [6.45, 7) is 0.290. The first-order valence-corrected chi connectivity index (χ1v) is 6.32. The minimum Gasteiger partial charge on any atom is -0.326 e. The molecular weight excluding hydrogens is 216 g/mol. The molecule has 0 amide bonds. The summed E-state index contributed by atoms with van der Waals surface area (Å²) in [4.78, 5) is 0.144. The van der Waals surface area contributed by atoms with Gasteiger partial charge in [0.05, 0.1) is 6.20 Å². The van der Waals surface area contributed by atoms with Gasteiger partial charge in [0.2, 0.25) is 10.0 Å². The first kappa shape index (κ1) is 10.6. The average molecular weight is 230 g/mol. The number of H-pyrrole nitrogens is 1. The minimum absolute atomic E-state index is 0.0772. The molecule has 1 atom stereocenters. The van der Waals surface area contributed by atoms with Gasteiger partial charge in [-0.15, -0.1) is 0 Å². The number of hydrogen-bond acceptors (Lipinski definition) is 4. The van der Waals surface area contributed by atoms with Gasteiger partial charge in [-0.3, -0.25) is 5.10 Å². The fourth-order valence-corrected chi connectivity index (χ4v) is 2.34. The molecule has 1 fully saturated rings. The maximum Gasteiger partial charge on any atom is 0.243 e. The highest BCUT2D eigenvalue weighted by molar-refractivity contribution is 7.89. The summed E-state index contributed by atoms with van der Waals surface area (Å²) in [7, 11) is -3.44. The molecule has 1 saturated carbocycles. The molecule has 6 nitrogen and oxygen atoms in total. The predicted octanol–water partition coefficient (Wildman–Crippen LogP) is -0.575. The summed E-state index contributed by atoms with van der Waals surface area (Å²) in [5.41, 5.74) is 5.79. The third-order valence-electron chi connectivity index (χ3n) is 2.52. The smallest absolute Gasteiger partial charge is 0.243 e. The Balaban J connectivity index is 1.93. The van der Waals surface area contributed by atoms with Crippen LogP contribution in [0.1, 0.15) is 12.8 Å². The van der Waals surface area contributed by atoms with Crippen molar-refractivity contribution in [2.24, 2.45) is 11.7 Å². The highest BCUT2D eigenvalue weighted by atomic mass is 32.2. The first-order chi connectivity index (χ1) is 7.09. The highest BCUT2D eigenvalue weighted by Crippen LogP contribution is 2.31. The van der Waals surface area contributed by atoms with Crippen molar-refractivity contribution < 1.29 is 8.42 Å². The average Bonchev–Trinajstić information content (AvgIpc) is 2.89. The maximum absolute atomic E-state index is 11.6. The number of hydrogen-bond donors (Lipinski definition) is 3. The fraction of sp³-hybridized carbons (Fsp3) is 0.625. The normalized spacial score (nSPS) is 19.0. The Bertz CT molecular complexity index is 410. The number of nitrogens with two attached hydrogens (primary N) is 1. The lowest BCUT2D eigenvalue weighted by atomic mass is 10.2. The Morgan fingerprint density at radius 3 is 2.93 bits per heavy atom. The molecule has 0 saturated heterocycles. The number of aromatic nitrogens is 2. The van der Waals surface area contributed by atoms with E-state index in [0.29, 0.717) is 5.92 Å². The molecule has 0 spiro atoms. The molecule has 0 aromatic carbocycles. The van der Waals surface area contributed by atoms with Gasteiger partial charge in [0.25, 0.3) is 0 Å². The van der Waals surface area contributed by atoms with Gasteiger partial charge in [-0.1, -0.05) is 0 Å². The summed E-state index contributed by atoms with van der Waals surface area (Å²) in [6, 6.07) is -0.0772. The van der Waals surface area contributed by atoms with Crippen LogP contribution >= 0.6 is 0 Å². The van der Waals surface area contributed by atoms with Crippen LogP contribution in [0.3, 0.4) is 0 Å². The summed E-state index contributed by atoms with van der Waals surface area (Å²) in [5, 5.41) is 6.05. The largest absolute Gasteiger partial charge is 0.326 e. The molecule has 4 N–H and O–H groups in total. The standard InChI is InChI=1S/C8H14N4O2S/c9-8(6-1-2-6)5-12-15(13,14)7-3-10-11-4-7/h3-4,6,8,12H,1-2,5,9H2,(H,10,11). The van der Waals surface area contributed by atoms with E-state index in [4.69, 9.17) is 5.73 Å². The monoisotopic (exact) mass is 230 g/mol. The third kappa shape index (κ3) is 2.55. The van der Waals surface area contributed by atoms with Crippen LogP contribution in [0.25, 0.3) is 0 Å². The molecule has 15 heavy (non-hydrogen) atoms. The van der Waals surface area contributed by atoms with E-state index in [0.717, 1.165) is 12.8 Å². The predicted molar refractivity (Wildman–Crippen MR) is 54.5 cm³/mol. The molecule has 1 unspecified atom stereocenters. The van der Waals surface area contributed by atoms with Crippen LogP contribution in [0, 0.1) is 5.92 Å². The number of rotatable bonds is 5. The van der Waals surface area contributed by atoms with Crippen LogP contribution in [0.5, 0.6) is 0 Å². The Kier molecular flexibility index (Phi) is 2.76. The molecule has 1 aliphatic carbocycles. The zero-order valence-electron chi connectivity index (χ0n) is 8.18. The second-order valence-electron chi connectivity index (χ2n) is 3.79. The van der Waals surface area contributed by atoms with Crippen molar-refractivity contribution in [3.63, 3.8) is 0 Å². The van der Waals surface area contributed by atoms with Gasteiger partial charge in [-0.2, -0.15) is 5.10 Å². The van der Waals surface area contributed by atoms with E-state index in [1.807, 2.05) is 0 Å². The second-order valence-corrected chi connectivity index (χ2v) is 5.55. The lowest BCUT2D eigenvalue weighted by Gasteiger charge is -2.10. The molecule has 1 heterocycles. The van der Waals surface area contributed by atoms with E-state index in [1.54, 1.807) is 0 Å². The Morgan fingerprint density at radius 2 is 2.40 bits per heavy atom. The van der Waals surface area contributed by atoms with Crippen LogP contribution in [0.2, 0.25) is 0 Å². The third-order valence-corrected chi connectivity index (χ3v) is 3.91. The number of sulfonamides is 1. The van der Waals surface area contributed by atoms with Crippen molar-refractivity contribution >= 4 is 10.0 Å². The van der Waals surface area contributed by atoms with E-state index < -0.39 is 10.0 Å². The molecule has 1 aromatic heterocycles. The summed E-state index contributed by atoms with van der Waals surface area (Å²) < 4.78 is 25.7. The van der Waals surface area contributed by atoms with Gasteiger partial charge < -0.3 is 5.73 Å². The zero-order chi connectivity index (χ0) is 10.9. The summed E-state index contributed by atoms with van der Waals surface area (Å²) >= 11 is 0. The van der Waals surface area contributed by atoms with Crippen LogP contribution in [0.4, 0.5) is 0 Å². The van der Waals surface area contributed by atoms with E-state index in [9.17, 15) is 8.42 Å². The molecule has 1 aromatic rings. The van der Waals surface area contributed by atoms with Crippen molar-refractivity contribution in [2.75, 3.05) is 6.54 Å². The lowest BCUT2D eigenvalue weighted by Crippen LogP contribution is -2.38. The molecule has 84 valence electrons. The zero-order valence-corrected chi connectivity index (χ0v) is 9.00. The molecule has 2 rings (SSSR count). The highest BCUT2D eigenvalue weighted by Gasteiger charge is 2.29. The van der Waals surface area contributed by atoms with Crippen LogP contribution < -0.4 is 10.5 Å². The topological polar surface area (TPSA) is 101 Å². The van der Waals surface area contributed by atoms with E-state index >= 15 is 0 Å². The van der Waals surface area contributed by atoms with Crippen molar-refractivity contribution in [2.45, 2.75) is 23.8 Å². The number of aromatic amines is 1. The van der Waals surface area contributed by atoms with Crippen molar-refractivity contribution in [1.82, 2.24) is 14.9 Å².